The van der Waals surface area contributed by atoms with Gasteiger partial charge in [0.05, 0.1) is 5.25 Å². The summed E-state index contributed by atoms with van der Waals surface area (Å²) in [6.07, 6.45) is 5.64. The van der Waals surface area contributed by atoms with E-state index >= 15 is 4.39 Å². The van der Waals surface area contributed by atoms with Crippen molar-refractivity contribution in [3.8, 4) is 11.1 Å². The average molecular weight is 439 g/mol. The highest BCUT2D eigenvalue weighted by Crippen LogP contribution is 2.40. The molecule has 0 aromatic heterocycles. The van der Waals surface area contributed by atoms with Crippen molar-refractivity contribution in [3.05, 3.63) is 54.1 Å². The number of hydrogen-bond donors (Lipinski definition) is 2. The fourth-order valence-electron chi connectivity index (χ4n) is 3.26. The first-order valence-electron chi connectivity index (χ1n) is 9.94. The molecule has 4 nitrogen and oxygen atoms in total. The maximum atomic E-state index is 15.2. The highest BCUT2D eigenvalue weighted by molar-refractivity contribution is 7.97. The molecular weight excluding hydrogens is 407 g/mol. The van der Waals surface area contributed by atoms with Crippen molar-refractivity contribution in [1.29, 1.82) is 0 Å². The van der Waals surface area contributed by atoms with Crippen molar-refractivity contribution in [1.82, 2.24) is 0 Å². The lowest BCUT2D eigenvalue weighted by Crippen LogP contribution is -2.22. The van der Waals surface area contributed by atoms with E-state index in [-0.39, 0.29) is 0 Å². The summed E-state index contributed by atoms with van der Waals surface area (Å²) < 4.78 is 35.4. The normalized spacial score (nSPS) is 16.6. The van der Waals surface area contributed by atoms with Gasteiger partial charge in [0.1, 0.15) is 5.67 Å². The molecule has 29 heavy (non-hydrogen) atoms. The summed E-state index contributed by atoms with van der Waals surface area (Å²) in [5, 5.41) is 9.74. The van der Waals surface area contributed by atoms with E-state index < -0.39 is 20.9 Å². The van der Waals surface area contributed by atoms with E-state index in [1.807, 2.05) is 36.4 Å². The van der Waals surface area contributed by atoms with Crippen LogP contribution >= 0.6 is 11.9 Å². The predicted molar refractivity (Wildman–Crippen MR) is 121 cm³/mol. The summed E-state index contributed by atoms with van der Waals surface area (Å²) in [5.41, 5.74) is 1.97. The average Bonchev–Trinajstić information content (AvgIpc) is 2.93. The third-order valence-corrected chi connectivity index (χ3v) is 7.14. The van der Waals surface area contributed by atoms with Crippen LogP contribution in [0.25, 0.3) is 11.1 Å². The molecule has 0 atom stereocenters. The van der Waals surface area contributed by atoms with Crippen LogP contribution in [0.15, 0.2) is 53.4 Å². The summed E-state index contributed by atoms with van der Waals surface area (Å²) in [6, 6.07) is 16.1. The molecule has 7 heteroatoms. The first-order valence-corrected chi connectivity index (χ1v) is 12.4. The van der Waals surface area contributed by atoms with Crippen LogP contribution in [0.3, 0.4) is 0 Å². The van der Waals surface area contributed by atoms with Gasteiger partial charge in [-0.25, -0.2) is 17.9 Å². The molecule has 0 spiro atoms. The highest BCUT2D eigenvalue weighted by Gasteiger charge is 2.32. The van der Waals surface area contributed by atoms with Gasteiger partial charge < -0.3 is 0 Å². The van der Waals surface area contributed by atoms with E-state index in [0.29, 0.717) is 12.8 Å². The second-order valence-corrected chi connectivity index (χ2v) is 10.6. The maximum Gasteiger partial charge on any atom is 0.211 e. The number of hydrogen-bond acceptors (Lipinski definition) is 4. The maximum absolute atomic E-state index is 15.2. The van der Waals surface area contributed by atoms with Gasteiger partial charge in [0, 0.05) is 4.90 Å². The topological polar surface area (TPSA) is 86.2 Å². The van der Waals surface area contributed by atoms with Crippen LogP contribution < -0.4 is 10.3 Å². The lowest BCUT2D eigenvalue weighted by Gasteiger charge is -2.24. The largest absolute Gasteiger partial charge is 0.274 e. The second kappa shape index (κ2) is 10.6. The van der Waals surface area contributed by atoms with Gasteiger partial charge >= 0.3 is 0 Å². The smallest absolute Gasteiger partial charge is 0.211 e. The van der Waals surface area contributed by atoms with Crippen molar-refractivity contribution in [2.75, 3.05) is 0 Å². The van der Waals surface area contributed by atoms with Crippen molar-refractivity contribution >= 4 is 22.0 Å². The molecule has 0 heterocycles. The second-order valence-electron chi connectivity index (χ2n) is 7.74. The quantitative estimate of drug-likeness (QED) is 0.486. The minimum absolute atomic E-state index is 0.451. The molecule has 0 aliphatic heterocycles. The molecule has 0 radical (unpaired) electrons. The van der Waals surface area contributed by atoms with Crippen LogP contribution in [0.4, 0.5) is 4.39 Å². The summed E-state index contributed by atoms with van der Waals surface area (Å²) >= 11 is 1.25. The van der Waals surface area contributed by atoms with Crippen LogP contribution in [0.1, 0.15) is 57.9 Å². The van der Waals surface area contributed by atoms with Crippen molar-refractivity contribution in [3.63, 3.8) is 0 Å². The Bertz CT molecular complexity index is 859. The number of sulfonamides is 1. The first-order chi connectivity index (χ1) is 13.7. The van der Waals surface area contributed by atoms with E-state index in [0.717, 1.165) is 47.3 Å². The van der Waals surface area contributed by atoms with E-state index in [2.05, 4.69) is 17.3 Å². The Balaban J connectivity index is 0.000000370. The van der Waals surface area contributed by atoms with Gasteiger partial charge in [-0.1, -0.05) is 49.2 Å². The molecule has 1 fully saturated rings. The molecule has 0 amide bonds. The standard InChI is InChI=1S/C19H22FNS.C3H9NO2S/c20-19(13-3-1-2-4-14-19)17-9-5-15(6-10-17)16-7-11-18(22-21)12-8-16;1-3(2)7(4,5)6/h5-12H,1-4,13-14,21H2;3H,1-2H3,(H2,4,5,6). The Labute approximate surface area is 178 Å². The molecule has 2 aromatic rings. The van der Waals surface area contributed by atoms with Crippen LogP contribution in [0.5, 0.6) is 0 Å². The summed E-state index contributed by atoms with van der Waals surface area (Å²) in [4.78, 5) is 1.04. The molecule has 1 aliphatic rings. The molecule has 2 aromatic carbocycles. The Hall–Kier alpha value is -1.41. The fraction of sp³-hybridized carbons (Fsp3) is 0.455. The minimum Gasteiger partial charge on any atom is -0.274 e. The number of benzene rings is 2. The van der Waals surface area contributed by atoms with Crippen LogP contribution in [0, 0.1) is 0 Å². The zero-order valence-corrected chi connectivity index (χ0v) is 18.7. The van der Waals surface area contributed by atoms with Gasteiger partial charge in [-0.3, -0.25) is 5.14 Å². The Morgan fingerprint density at radius 1 is 0.897 bits per heavy atom. The van der Waals surface area contributed by atoms with Crippen molar-refractivity contribution in [2.24, 2.45) is 10.3 Å². The van der Waals surface area contributed by atoms with Crippen molar-refractivity contribution < 1.29 is 12.8 Å². The summed E-state index contributed by atoms with van der Waals surface area (Å²) in [6.45, 7) is 3.07. The van der Waals surface area contributed by atoms with Crippen LogP contribution in [-0.4, -0.2) is 13.7 Å². The lowest BCUT2D eigenvalue weighted by molar-refractivity contribution is 0.140. The molecule has 1 aliphatic carbocycles. The zero-order valence-electron chi connectivity index (χ0n) is 17.1. The predicted octanol–water partition coefficient (Wildman–Crippen LogP) is 5.52. The molecule has 1 saturated carbocycles. The van der Waals surface area contributed by atoms with Crippen molar-refractivity contribution in [2.45, 2.75) is 68.2 Å². The summed E-state index contributed by atoms with van der Waals surface area (Å²) in [5.74, 6) is 0. The van der Waals surface area contributed by atoms with Gasteiger partial charge in [-0.15, -0.1) is 0 Å². The molecule has 0 saturated heterocycles. The monoisotopic (exact) mass is 438 g/mol. The number of halogens is 1. The Morgan fingerprint density at radius 3 is 1.69 bits per heavy atom. The first kappa shape index (κ1) is 23.9. The fourth-order valence-corrected chi connectivity index (χ4v) is 3.56. The molecule has 3 rings (SSSR count). The molecule has 0 unspecified atom stereocenters. The third kappa shape index (κ3) is 7.10. The Kier molecular flexibility index (Phi) is 8.70. The van der Waals surface area contributed by atoms with Gasteiger partial charge in [-0.05, 0) is 80.3 Å². The number of nitrogens with two attached hydrogens (primary N) is 2. The number of alkyl halides is 1. The molecule has 0 bridgehead atoms. The molecule has 4 N–H and O–H groups in total. The van der Waals surface area contributed by atoms with Gasteiger partial charge in [0.2, 0.25) is 10.0 Å². The van der Waals surface area contributed by atoms with E-state index in [1.54, 1.807) is 0 Å². The lowest BCUT2D eigenvalue weighted by atomic mass is 9.87. The SMILES string of the molecule is CC(C)S(N)(=O)=O.NSc1ccc(-c2ccc(C3(F)CCCCCC3)cc2)cc1. The van der Waals surface area contributed by atoms with Gasteiger partial charge in [-0.2, -0.15) is 0 Å². The van der Waals surface area contributed by atoms with Gasteiger partial charge in [0.15, 0.2) is 0 Å². The molecule has 160 valence electrons. The minimum atomic E-state index is -3.24. The third-order valence-electron chi connectivity index (χ3n) is 5.28. The molecular formula is C22H31FN2O2S2. The number of rotatable bonds is 4. The van der Waals surface area contributed by atoms with E-state index in [4.69, 9.17) is 5.14 Å². The van der Waals surface area contributed by atoms with Crippen LogP contribution in [0.2, 0.25) is 0 Å². The van der Waals surface area contributed by atoms with Crippen LogP contribution in [-0.2, 0) is 15.7 Å². The van der Waals surface area contributed by atoms with E-state index in [1.165, 1.54) is 25.8 Å². The van der Waals surface area contributed by atoms with E-state index in [9.17, 15) is 8.42 Å². The number of primary sulfonamides is 1. The zero-order chi connectivity index (χ0) is 21.5. The highest BCUT2D eigenvalue weighted by atomic mass is 32.2. The Morgan fingerprint density at radius 2 is 1.31 bits per heavy atom. The van der Waals surface area contributed by atoms with Gasteiger partial charge in [0.25, 0.3) is 0 Å². The summed E-state index contributed by atoms with van der Waals surface area (Å²) in [7, 11) is -3.24.